The number of benzene rings is 3. The second kappa shape index (κ2) is 7.90. The molecule has 3 heteroatoms. The molecule has 0 radical (unpaired) electrons. The lowest BCUT2D eigenvalue weighted by Gasteiger charge is -2.26. The molecule has 134 valence electrons. The van der Waals surface area contributed by atoms with Gasteiger partial charge in [0.25, 0.3) is 0 Å². The summed E-state index contributed by atoms with van der Waals surface area (Å²) in [6.45, 7) is 0.856. The Balaban J connectivity index is 1.26. The Morgan fingerprint density at radius 3 is 2.62 bits per heavy atom. The van der Waals surface area contributed by atoms with Crippen LogP contribution in [0.25, 0.3) is 10.8 Å². The van der Waals surface area contributed by atoms with E-state index in [1.54, 1.807) is 0 Å². The molecule has 2 atom stereocenters. The standard InChI is InChI=1S/C23H25NO2/c25-22(15-24-21-11-9-17-5-1-3-7-19(17)13-21)16-26-23-12-10-18-6-2-4-8-20(18)14-23/h1-8,10,12,14,21-22,24-25H,9,11,13,15-16H2. The highest BCUT2D eigenvalue weighted by molar-refractivity contribution is 5.83. The van der Waals surface area contributed by atoms with Gasteiger partial charge in [0.2, 0.25) is 0 Å². The summed E-state index contributed by atoms with van der Waals surface area (Å²) < 4.78 is 5.78. The molecule has 1 aliphatic carbocycles. The molecule has 0 aliphatic heterocycles. The lowest BCUT2D eigenvalue weighted by molar-refractivity contribution is 0.103. The third-order valence-electron chi connectivity index (χ3n) is 5.15. The Bertz CT molecular complexity index is 877. The lowest BCUT2D eigenvalue weighted by atomic mass is 9.88. The van der Waals surface area contributed by atoms with Crippen molar-refractivity contribution in [2.45, 2.75) is 31.4 Å². The van der Waals surface area contributed by atoms with Crippen LogP contribution in [-0.4, -0.2) is 30.4 Å². The molecule has 2 N–H and O–H groups in total. The zero-order valence-corrected chi connectivity index (χ0v) is 14.9. The Hall–Kier alpha value is -2.36. The van der Waals surface area contributed by atoms with Crippen molar-refractivity contribution in [3.8, 4) is 5.75 Å². The summed E-state index contributed by atoms with van der Waals surface area (Å²) in [4.78, 5) is 0. The fourth-order valence-corrected chi connectivity index (χ4v) is 3.68. The van der Waals surface area contributed by atoms with Gasteiger partial charge < -0.3 is 15.2 Å². The first-order valence-electron chi connectivity index (χ1n) is 9.38. The van der Waals surface area contributed by atoms with Gasteiger partial charge in [-0.2, -0.15) is 0 Å². The molecule has 3 aromatic carbocycles. The third-order valence-corrected chi connectivity index (χ3v) is 5.15. The van der Waals surface area contributed by atoms with E-state index in [1.165, 1.54) is 16.5 Å². The summed E-state index contributed by atoms with van der Waals surface area (Å²) in [5, 5.41) is 16.1. The van der Waals surface area contributed by atoms with Crippen molar-refractivity contribution in [3.05, 3.63) is 77.9 Å². The maximum absolute atomic E-state index is 10.3. The first-order valence-corrected chi connectivity index (χ1v) is 9.38. The maximum atomic E-state index is 10.3. The van der Waals surface area contributed by atoms with Crippen molar-refractivity contribution in [1.29, 1.82) is 0 Å². The van der Waals surface area contributed by atoms with Crippen molar-refractivity contribution in [1.82, 2.24) is 5.32 Å². The van der Waals surface area contributed by atoms with Crippen molar-refractivity contribution < 1.29 is 9.84 Å². The van der Waals surface area contributed by atoms with Crippen LogP contribution >= 0.6 is 0 Å². The molecule has 0 saturated carbocycles. The van der Waals surface area contributed by atoms with Crippen LogP contribution in [0.15, 0.2) is 66.7 Å². The fraction of sp³-hybridized carbons (Fsp3) is 0.304. The van der Waals surface area contributed by atoms with Gasteiger partial charge in [0.1, 0.15) is 18.5 Å². The average molecular weight is 347 g/mol. The van der Waals surface area contributed by atoms with Crippen LogP contribution in [0.3, 0.4) is 0 Å². The Morgan fingerprint density at radius 2 is 1.73 bits per heavy atom. The van der Waals surface area contributed by atoms with E-state index in [9.17, 15) is 5.11 Å². The number of aryl methyl sites for hydroxylation is 1. The largest absolute Gasteiger partial charge is 0.491 e. The Morgan fingerprint density at radius 1 is 0.962 bits per heavy atom. The molecule has 3 aromatic rings. The maximum Gasteiger partial charge on any atom is 0.120 e. The van der Waals surface area contributed by atoms with Crippen molar-refractivity contribution in [2.24, 2.45) is 0 Å². The van der Waals surface area contributed by atoms with Gasteiger partial charge in [-0.25, -0.2) is 0 Å². The smallest absolute Gasteiger partial charge is 0.120 e. The number of nitrogens with one attached hydrogen (secondary N) is 1. The van der Waals surface area contributed by atoms with E-state index in [0.717, 1.165) is 30.4 Å². The third kappa shape index (κ3) is 4.06. The summed E-state index contributed by atoms with van der Waals surface area (Å²) >= 11 is 0. The molecule has 2 unspecified atom stereocenters. The summed E-state index contributed by atoms with van der Waals surface area (Å²) in [5.74, 6) is 0.800. The van der Waals surface area contributed by atoms with Crippen molar-refractivity contribution >= 4 is 10.8 Å². The van der Waals surface area contributed by atoms with Crippen LogP contribution in [0.1, 0.15) is 17.5 Å². The van der Waals surface area contributed by atoms with Gasteiger partial charge in [0, 0.05) is 12.6 Å². The second-order valence-electron chi connectivity index (χ2n) is 7.09. The quantitative estimate of drug-likeness (QED) is 0.714. The van der Waals surface area contributed by atoms with E-state index in [0.29, 0.717) is 19.2 Å². The SMILES string of the molecule is OC(CNC1CCc2ccccc2C1)COc1ccc2ccccc2c1. The number of hydrogen-bond acceptors (Lipinski definition) is 3. The van der Waals surface area contributed by atoms with E-state index >= 15 is 0 Å². The monoisotopic (exact) mass is 347 g/mol. The van der Waals surface area contributed by atoms with Gasteiger partial charge in [-0.15, -0.1) is 0 Å². The molecule has 4 rings (SSSR count). The van der Waals surface area contributed by atoms with Crippen LogP contribution in [0, 0.1) is 0 Å². The molecule has 0 spiro atoms. The summed E-state index contributed by atoms with van der Waals surface area (Å²) in [7, 11) is 0. The summed E-state index contributed by atoms with van der Waals surface area (Å²) in [6.07, 6.45) is 2.75. The van der Waals surface area contributed by atoms with Gasteiger partial charge in [0.15, 0.2) is 0 Å². The highest BCUT2D eigenvalue weighted by Crippen LogP contribution is 2.22. The molecule has 26 heavy (non-hydrogen) atoms. The highest BCUT2D eigenvalue weighted by Gasteiger charge is 2.18. The number of ether oxygens (including phenoxy) is 1. The summed E-state index contributed by atoms with van der Waals surface area (Å²) in [6, 6.07) is 23.3. The van der Waals surface area contributed by atoms with Crippen LogP contribution in [-0.2, 0) is 12.8 Å². The number of fused-ring (bicyclic) bond motifs is 2. The predicted molar refractivity (Wildman–Crippen MR) is 106 cm³/mol. The molecular weight excluding hydrogens is 322 g/mol. The predicted octanol–water partition coefficient (Wildman–Crippen LogP) is 3.73. The van der Waals surface area contributed by atoms with Crippen molar-refractivity contribution in [2.75, 3.05) is 13.2 Å². The van der Waals surface area contributed by atoms with Crippen LogP contribution < -0.4 is 10.1 Å². The van der Waals surface area contributed by atoms with Crippen LogP contribution in [0.5, 0.6) is 5.75 Å². The van der Waals surface area contributed by atoms with Gasteiger partial charge in [-0.1, -0.05) is 54.6 Å². The van der Waals surface area contributed by atoms with Gasteiger partial charge in [-0.3, -0.25) is 0 Å². The Labute approximate surface area is 154 Å². The minimum Gasteiger partial charge on any atom is -0.491 e. The number of hydrogen-bond donors (Lipinski definition) is 2. The number of aliphatic hydroxyl groups is 1. The molecular formula is C23H25NO2. The molecule has 0 amide bonds. The zero-order chi connectivity index (χ0) is 17.8. The molecule has 0 bridgehead atoms. The normalized spacial score (nSPS) is 17.7. The van der Waals surface area contributed by atoms with E-state index in [2.05, 4.69) is 47.8 Å². The van der Waals surface area contributed by atoms with Crippen LogP contribution in [0.2, 0.25) is 0 Å². The second-order valence-corrected chi connectivity index (χ2v) is 7.09. The minimum absolute atomic E-state index is 0.300. The van der Waals surface area contributed by atoms with Crippen LogP contribution in [0.4, 0.5) is 0 Å². The minimum atomic E-state index is -0.515. The van der Waals surface area contributed by atoms with Gasteiger partial charge in [0.05, 0.1) is 0 Å². The molecule has 0 fully saturated rings. The van der Waals surface area contributed by atoms with E-state index < -0.39 is 6.10 Å². The van der Waals surface area contributed by atoms with E-state index in [4.69, 9.17) is 4.74 Å². The average Bonchev–Trinajstić information content (AvgIpc) is 2.70. The van der Waals surface area contributed by atoms with E-state index in [-0.39, 0.29) is 0 Å². The number of aliphatic hydroxyl groups excluding tert-OH is 1. The molecule has 0 saturated heterocycles. The summed E-state index contributed by atoms with van der Waals surface area (Å²) in [5.41, 5.74) is 2.89. The van der Waals surface area contributed by atoms with E-state index in [1.807, 2.05) is 24.3 Å². The topological polar surface area (TPSA) is 41.5 Å². The molecule has 1 aliphatic rings. The van der Waals surface area contributed by atoms with Gasteiger partial charge in [-0.05, 0) is 53.3 Å². The number of rotatable bonds is 6. The first-order chi connectivity index (χ1) is 12.8. The Kier molecular flexibility index (Phi) is 5.19. The molecule has 0 aromatic heterocycles. The lowest BCUT2D eigenvalue weighted by Crippen LogP contribution is -2.40. The highest BCUT2D eigenvalue weighted by atomic mass is 16.5. The van der Waals surface area contributed by atoms with Crippen molar-refractivity contribution in [3.63, 3.8) is 0 Å². The van der Waals surface area contributed by atoms with Gasteiger partial charge >= 0.3 is 0 Å². The molecule has 0 heterocycles. The first kappa shape index (κ1) is 17.1. The fourth-order valence-electron chi connectivity index (χ4n) is 3.68. The zero-order valence-electron chi connectivity index (χ0n) is 14.9. The molecule has 3 nitrogen and oxygen atoms in total.